The highest BCUT2D eigenvalue weighted by atomic mass is 32.2. The quantitative estimate of drug-likeness (QED) is 0.348. The number of aromatic hydroxyl groups is 1. The molecule has 0 bridgehead atoms. The third-order valence-corrected chi connectivity index (χ3v) is 2.79. The number of nitro benzene ring substituents is 1. The molecular weight excluding hydrogens is 270 g/mol. The lowest BCUT2D eigenvalue weighted by Crippen LogP contribution is -2.07. The Morgan fingerprint density at radius 2 is 2.00 bits per heavy atom. The lowest BCUT2D eigenvalue weighted by atomic mass is 10.1. The molecule has 10 heteroatoms. The molecule has 1 aromatic carbocycles. The number of hydrogen-bond donors (Lipinski definition) is 2. The van der Waals surface area contributed by atoms with Crippen molar-refractivity contribution in [2.75, 3.05) is 7.11 Å². The van der Waals surface area contributed by atoms with Crippen molar-refractivity contribution in [1.29, 1.82) is 0 Å². The Morgan fingerprint density at radius 3 is 2.39 bits per heavy atom. The van der Waals surface area contributed by atoms with E-state index in [0.29, 0.717) is 12.1 Å². The van der Waals surface area contributed by atoms with Crippen molar-refractivity contribution >= 4 is 21.8 Å². The SMILES string of the molecule is COC(=O)c1cc(S(=O)(=O)O)cc([N+](=O)[O-])c1O. The Labute approximate surface area is 101 Å². The average molecular weight is 277 g/mol. The molecule has 0 atom stereocenters. The minimum atomic E-state index is -4.76. The smallest absolute Gasteiger partial charge is 0.341 e. The van der Waals surface area contributed by atoms with Crippen LogP contribution in [0.1, 0.15) is 10.4 Å². The number of methoxy groups -OCH3 is 1. The predicted molar refractivity (Wildman–Crippen MR) is 55.9 cm³/mol. The number of benzene rings is 1. The van der Waals surface area contributed by atoms with Gasteiger partial charge in [-0.3, -0.25) is 14.7 Å². The van der Waals surface area contributed by atoms with Crippen molar-refractivity contribution in [2.45, 2.75) is 4.90 Å². The van der Waals surface area contributed by atoms with Gasteiger partial charge in [-0.2, -0.15) is 8.42 Å². The summed E-state index contributed by atoms with van der Waals surface area (Å²) in [6, 6.07) is 1.00. The van der Waals surface area contributed by atoms with Crippen molar-refractivity contribution < 1.29 is 32.5 Å². The number of phenolic OH excluding ortho intramolecular Hbond substituents is 1. The van der Waals surface area contributed by atoms with Gasteiger partial charge in [-0.05, 0) is 6.07 Å². The van der Waals surface area contributed by atoms with Gasteiger partial charge in [0.25, 0.3) is 10.1 Å². The van der Waals surface area contributed by atoms with E-state index in [1.165, 1.54) is 0 Å². The number of phenols is 1. The third-order valence-electron chi connectivity index (χ3n) is 1.96. The molecule has 0 amide bonds. The number of carbonyl (C=O) groups is 1. The summed E-state index contributed by atoms with van der Waals surface area (Å²) in [4.78, 5) is 19.8. The van der Waals surface area contributed by atoms with E-state index in [1.807, 2.05) is 0 Å². The standard InChI is InChI=1S/C8H7NO8S/c1-17-8(11)5-2-4(18(14,15)16)3-6(7(5)10)9(12)13/h2-3,10H,1H3,(H,14,15,16). The van der Waals surface area contributed by atoms with Crippen LogP contribution in [0.4, 0.5) is 5.69 Å². The van der Waals surface area contributed by atoms with Crippen molar-refractivity contribution in [3.05, 3.63) is 27.8 Å². The average Bonchev–Trinajstić information content (AvgIpc) is 2.26. The van der Waals surface area contributed by atoms with Crippen LogP contribution >= 0.6 is 0 Å². The summed E-state index contributed by atoms with van der Waals surface area (Å²) < 4.78 is 34.8. The fraction of sp³-hybridized carbons (Fsp3) is 0.125. The highest BCUT2D eigenvalue weighted by molar-refractivity contribution is 7.85. The fourth-order valence-corrected chi connectivity index (χ4v) is 1.67. The van der Waals surface area contributed by atoms with Crippen LogP contribution in [0.2, 0.25) is 0 Å². The van der Waals surface area contributed by atoms with E-state index >= 15 is 0 Å². The highest BCUT2D eigenvalue weighted by Crippen LogP contribution is 2.33. The first-order chi connectivity index (χ1) is 8.18. The molecule has 0 heterocycles. The molecule has 0 radical (unpaired) electrons. The number of carbonyl (C=O) groups excluding carboxylic acids is 1. The number of nitrogens with zero attached hydrogens (tertiary/aromatic N) is 1. The molecule has 2 N–H and O–H groups in total. The van der Waals surface area contributed by atoms with Gasteiger partial charge in [0.1, 0.15) is 10.5 Å². The minimum Gasteiger partial charge on any atom is -0.501 e. The van der Waals surface area contributed by atoms with Crippen molar-refractivity contribution in [3.8, 4) is 5.75 Å². The zero-order chi connectivity index (χ0) is 14.1. The van der Waals surface area contributed by atoms with Gasteiger partial charge >= 0.3 is 11.7 Å². The first-order valence-electron chi connectivity index (χ1n) is 4.25. The van der Waals surface area contributed by atoms with E-state index in [9.17, 15) is 28.4 Å². The fourth-order valence-electron chi connectivity index (χ4n) is 1.15. The molecule has 0 fully saturated rings. The van der Waals surface area contributed by atoms with Gasteiger partial charge in [-0.25, -0.2) is 4.79 Å². The maximum atomic E-state index is 11.2. The lowest BCUT2D eigenvalue weighted by Gasteiger charge is -2.05. The summed E-state index contributed by atoms with van der Waals surface area (Å²) in [5.74, 6) is -2.22. The Bertz CT molecular complexity index is 620. The van der Waals surface area contributed by atoms with Gasteiger partial charge in [0.15, 0.2) is 0 Å². The van der Waals surface area contributed by atoms with Gasteiger partial charge in [0.05, 0.1) is 12.0 Å². The second-order valence-electron chi connectivity index (χ2n) is 3.06. The van der Waals surface area contributed by atoms with Crippen LogP contribution in [0.25, 0.3) is 0 Å². The summed E-state index contributed by atoms with van der Waals surface area (Å²) in [5, 5.41) is 20.0. The Hall–Kier alpha value is -2.20. The second-order valence-corrected chi connectivity index (χ2v) is 4.48. The zero-order valence-electron chi connectivity index (χ0n) is 8.85. The third kappa shape index (κ3) is 2.55. The van der Waals surface area contributed by atoms with E-state index in [0.717, 1.165) is 7.11 Å². The second kappa shape index (κ2) is 4.58. The summed E-state index contributed by atoms with van der Waals surface area (Å²) in [6.07, 6.45) is 0. The molecule has 0 aromatic heterocycles. The van der Waals surface area contributed by atoms with Gasteiger partial charge in [0, 0.05) is 6.07 Å². The summed E-state index contributed by atoms with van der Waals surface area (Å²) >= 11 is 0. The van der Waals surface area contributed by atoms with Crippen LogP contribution in [0.5, 0.6) is 5.75 Å². The van der Waals surface area contributed by atoms with Gasteiger partial charge in [-0.1, -0.05) is 0 Å². The molecule has 0 aliphatic carbocycles. The maximum Gasteiger partial charge on any atom is 0.341 e. The predicted octanol–water partition coefficient (Wildman–Crippen LogP) is 0.334. The van der Waals surface area contributed by atoms with Crippen molar-refractivity contribution in [2.24, 2.45) is 0 Å². The van der Waals surface area contributed by atoms with Crippen molar-refractivity contribution in [3.63, 3.8) is 0 Å². The molecule has 9 nitrogen and oxygen atoms in total. The Balaban J connectivity index is 3.68. The lowest BCUT2D eigenvalue weighted by molar-refractivity contribution is -0.386. The van der Waals surface area contributed by atoms with Crippen LogP contribution in [-0.4, -0.2) is 36.1 Å². The van der Waals surface area contributed by atoms with Gasteiger partial charge < -0.3 is 9.84 Å². The normalized spacial score (nSPS) is 11.0. The summed E-state index contributed by atoms with van der Waals surface area (Å²) in [7, 11) is -3.82. The Morgan fingerprint density at radius 1 is 1.44 bits per heavy atom. The molecule has 0 saturated carbocycles. The maximum absolute atomic E-state index is 11.2. The largest absolute Gasteiger partial charge is 0.501 e. The van der Waals surface area contributed by atoms with E-state index < -0.39 is 42.9 Å². The molecule has 0 spiro atoms. The molecule has 1 aromatic rings. The summed E-state index contributed by atoms with van der Waals surface area (Å²) in [6.45, 7) is 0. The van der Waals surface area contributed by atoms with Crippen LogP contribution in [-0.2, 0) is 14.9 Å². The minimum absolute atomic E-state index is 0.428. The molecule has 0 aliphatic heterocycles. The monoisotopic (exact) mass is 277 g/mol. The van der Waals surface area contributed by atoms with Gasteiger partial charge in [-0.15, -0.1) is 0 Å². The molecule has 0 aliphatic rings. The topological polar surface area (TPSA) is 144 Å². The number of ether oxygens (including phenoxy) is 1. The Kier molecular flexibility index (Phi) is 3.53. The summed E-state index contributed by atoms with van der Waals surface area (Å²) in [5.41, 5.74) is -1.77. The van der Waals surface area contributed by atoms with E-state index in [-0.39, 0.29) is 0 Å². The first-order valence-corrected chi connectivity index (χ1v) is 5.69. The molecular formula is C8H7NO8S. The molecule has 1 rings (SSSR count). The van der Waals surface area contributed by atoms with Crippen LogP contribution in [0.15, 0.2) is 17.0 Å². The zero-order valence-corrected chi connectivity index (χ0v) is 9.67. The number of esters is 1. The van der Waals surface area contributed by atoms with Crippen LogP contribution in [0, 0.1) is 10.1 Å². The van der Waals surface area contributed by atoms with Crippen LogP contribution < -0.4 is 0 Å². The molecule has 18 heavy (non-hydrogen) atoms. The van der Waals surface area contributed by atoms with E-state index in [2.05, 4.69) is 4.74 Å². The molecule has 0 saturated heterocycles. The van der Waals surface area contributed by atoms with Crippen LogP contribution in [0.3, 0.4) is 0 Å². The first kappa shape index (κ1) is 13.9. The van der Waals surface area contributed by atoms with Crippen molar-refractivity contribution in [1.82, 2.24) is 0 Å². The number of rotatable bonds is 3. The number of hydrogen-bond acceptors (Lipinski definition) is 7. The number of nitro groups is 1. The van der Waals surface area contributed by atoms with E-state index in [4.69, 9.17) is 4.55 Å². The highest BCUT2D eigenvalue weighted by Gasteiger charge is 2.27. The molecule has 98 valence electrons. The van der Waals surface area contributed by atoms with E-state index in [1.54, 1.807) is 0 Å². The molecule has 0 unspecified atom stereocenters. The van der Waals surface area contributed by atoms with Gasteiger partial charge in [0.2, 0.25) is 5.75 Å².